The number of nitrogen functional groups attached to an aromatic ring is 1. The highest BCUT2D eigenvalue weighted by Crippen LogP contribution is 2.08. The van der Waals surface area contributed by atoms with E-state index in [0.717, 1.165) is 0 Å². The van der Waals surface area contributed by atoms with Crippen molar-refractivity contribution in [2.24, 2.45) is 0 Å². The average molecular weight is 181 g/mol. The molecule has 0 radical (unpaired) electrons. The Labute approximate surface area is 75.9 Å². The monoisotopic (exact) mass is 181 g/mol. The number of hydrogen-bond acceptors (Lipinski definition) is 5. The topological polar surface area (TPSA) is 78.1 Å². The molecule has 0 saturated heterocycles. The summed E-state index contributed by atoms with van der Waals surface area (Å²) in [4.78, 5) is 18.8. The van der Waals surface area contributed by atoms with E-state index in [1.807, 2.05) is 6.92 Å². The summed E-state index contributed by atoms with van der Waals surface area (Å²) < 4.78 is 4.56. The minimum atomic E-state index is -0.433. The van der Waals surface area contributed by atoms with Gasteiger partial charge in [-0.25, -0.2) is 14.8 Å². The van der Waals surface area contributed by atoms with Gasteiger partial charge in [0.1, 0.15) is 0 Å². The molecule has 0 aliphatic rings. The van der Waals surface area contributed by atoms with Crippen molar-refractivity contribution in [1.29, 1.82) is 0 Å². The predicted molar refractivity (Wildman–Crippen MR) is 47.2 cm³/mol. The van der Waals surface area contributed by atoms with Gasteiger partial charge in [0.25, 0.3) is 0 Å². The van der Waals surface area contributed by atoms with Crippen molar-refractivity contribution in [3.05, 3.63) is 17.5 Å². The third-order valence-electron chi connectivity index (χ3n) is 1.63. The van der Waals surface area contributed by atoms with Crippen LogP contribution in [0.2, 0.25) is 0 Å². The van der Waals surface area contributed by atoms with Crippen LogP contribution in [0.4, 0.5) is 5.95 Å². The van der Waals surface area contributed by atoms with E-state index in [4.69, 9.17) is 5.73 Å². The second-order valence-electron chi connectivity index (χ2n) is 2.43. The van der Waals surface area contributed by atoms with Gasteiger partial charge in [-0.15, -0.1) is 0 Å². The third kappa shape index (κ3) is 1.93. The highest BCUT2D eigenvalue weighted by atomic mass is 16.5. The van der Waals surface area contributed by atoms with Gasteiger partial charge in [0, 0.05) is 6.20 Å². The molecule has 1 heterocycles. The molecule has 1 aromatic rings. The Kier molecular flexibility index (Phi) is 2.79. The van der Waals surface area contributed by atoms with E-state index >= 15 is 0 Å². The Morgan fingerprint density at radius 2 is 2.38 bits per heavy atom. The largest absolute Gasteiger partial charge is 0.465 e. The number of hydrogen-bond donors (Lipinski definition) is 1. The maximum atomic E-state index is 11.2. The standard InChI is InChI=1S/C8H11N3O2/c1-3-6-5(7(12)13-2)4-10-8(9)11-6/h4H,3H2,1-2H3,(H2,9,10,11). The number of ether oxygens (including phenoxy) is 1. The summed E-state index contributed by atoms with van der Waals surface area (Å²) in [5.74, 6) is -0.263. The van der Waals surface area contributed by atoms with E-state index in [1.165, 1.54) is 13.3 Å². The third-order valence-corrected chi connectivity index (χ3v) is 1.63. The zero-order valence-electron chi connectivity index (χ0n) is 7.57. The van der Waals surface area contributed by atoms with Crippen molar-refractivity contribution in [1.82, 2.24) is 9.97 Å². The van der Waals surface area contributed by atoms with E-state index in [1.54, 1.807) is 0 Å². The van der Waals surface area contributed by atoms with Gasteiger partial charge in [-0.1, -0.05) is 6.92 Å². The fourth-order valence-electron chi connectivity index (χ4n) is 0.983. The van der Waals surface area contributed by atoms with E-state index in [9.17, 15) is 4.79 Å². The molecule has 0 aromatic carbocycles. The van der Waals surface area contributed by atoms with Crippen molar-refractivity contribution in [2.75, 3.05) is 12.8 Å². The Bertz CT molecular complexity index is 325. The zero-order chi connectivity index (χ0) is 9.84. The number of rotatable bonds is 2. The molecule has 1 rings (SSSR count). The molecule has 70 valence electrons. The lowest BCUT2D eigenvalue weighted by Gasteiger charge is -2.04. The molecule has 0 fully saturated rings. The van der Waals surface area contributed by atoms with Gasteiger partial charge in [-0.2, -0.15) is 0 Å². The zero-order valence-corrected chi connectivity index (χ0v) is 7.57. The predicted octanol–water partition coefficient (Wildman–Crippen LogP) is 0.408. The quantitative estimate of drug-likeness (QED) is 0.668. The van der Waals surface area contributed by atoms with Gasteiger partial charge in [0.2, 0.25) is 5.95 Å². The van der Waals surface area contributed by atoms with Gasteiger partial charge in [-0.05, 0) is 6.42 Å². The lowest BCUT2D eigenvalue weighted by molar-refractivity contribution is 0.0598. The first-order chi connectivity index (χ1) is 6.19. The smallest absolute Gasteiger partial charge is 0.341 e. The maximum absolute atomic E-state index is 11.2. The molecule has 0 atom stereocenters. The molecule has 0 amide bonds. The van der Waals surface area contributed by atoms with E-state index in [-0.39, 0.29) is 5.95 Å². The first-order valence-electron chi connectivity index (χ1n) is 3.88. The van der Waals surface area contributed by atoms with E-state index in [2.05, 4.69) is 14.7 Å². The summed E-state index contributed by atoms with van der Waals surface area (Å²) in [5, 5.41) is 0. The molecule has 1 aromatic heterocycles. The first kappa shape index (κ1) is 9.44. The molecule has 0 bridgehead atoms. The lowest BCUT2D eigenvalue weighted by Crippen LogP contribution is -2.09. The first-order valence-corrected chi connectivity index (χ1v) is 3.88. The van der Waals surface area contributed by atoms with Crippen LogP contribution in [-0.4, -0.2) is 23.0 Å². The summed E-state index contributed by atoms with van der Waals surface area (Å²) in [6.07, 6.45) is 2.00. The number of carbonyl (C=O) groups is 1. The highest BCUT2D eigenvalue weighted by molar-refractivity contribution is 5.90. The number of anilines is 1. The summed E-state index contributed by atoms with van der Waals surface area (Å²) in [5.41, 5.74) is 6.36. The summed E-state index contributed by atoms with van der Waals surface area (Å²) in [6, 6.07) is 0. The van der Waals surface area contributed by atoms with Crippen LogP contribution < -0.4 is 5.73 Å². The number of aromatic nitrogens is 2. The van der Waals surface area contributed by atoms with Crippen LogP contribution in [0.5, 0.6) is 0 Å². The molecule has 0 spiro atoms. The lowest BCUT2D eigenvalue weighted by atomic mass is 10.2. The van der Waals surface area contributed by atoms with Crippen LogP contribution in [-0.2, 0) is 11.2 Å². The molecule has 0 aliphatic carbocycles. The summed E-state index contributed by atoms with van der Waals surface area (Å²) in [6.45, 7) is 1.88. The second-order valence-corrected chi connectivity index (χ2v) is 2.43. The van der Waals surface area contributed by atoms with Crippen LogP contribution in [0.1, 0.15) is 23.0 Å². The second kappa shape index (κ2) is 3.84. The average Bonchev–Trinajstić information content (AvgIpc) is 2.16. The van der Waals surface area contributed by atoms with Gasteiger partial charge >= 0.3 is 5.97 Å². The Morgan fingerprint density at radius 3 is 2.92 bits per heavy atom. The number of nitrogens with two attached hydrogens (primary N) is 1. The molecule has 0 unspecified atom stereocenters. The minimum absolute atomic E-state index is 0.171. The number of aryl methyl sites for hydroxylation is 1. The van der Waals surface area contributed by atoms with E-state index in [0.29, 0.717) is 17.7 Å². The fourth-order valence-corrected chi connectivity index (χ4v) is 0.983. The molecule has 2 N–H and O–H groups in total. The molecule has 5 heteroatoms. The maximum Gasteiger partial charge on any atom is 0.341 e. The van der Waals surface area contributed by atoms with Crippen molar-refractivity contribution >= 4 is 11.9 Å². The summed E-state index contributed by atoms with van der Waals surface area (Å²) >= 11 is 0. The van der Waals surface area contributed by atoms with Gasteiger partial charge in [-0.3, -0.25) is 0 Å². The van der Waals surface area contributed by atoms with Crippen LogP contribution in [0.25, 0.3) is 0 Å². The number of nitrogens with zero attached hydrogens (tertiary/aromatic N) is 2. The SMILES string of the molecule is CCc1nc(N)ncc1C(=O)OC. The van der Waals surface area contributed by atoms with Crippen LogP contribution in [0.15, 0.2) is 6.20 Å². The Hall–Kier alpha value is -1.65. The van der Waals surface area contributed by atoms with Gasteiger partial charge in [0.05, 0.1) is 18.4 Å². The molecular formula is C8H11N3O2. The molecule has 5 nitrogen and oxygen atoms in total. The van der Waals surface area contributed by atoms with Crippen molar-refractivity contribution < 1.29 is 9.53 Å². The van der Waals surface area contributed by atoms with Crippen molar-refractivity contribution in [3.8, 4) is 0 Å². The number of methoxy groups -OCH3 is 1. The van der Waals surface area contributed by atoms with Crippen LogP contribution >= 0.6 is 0 Å². The highest BCUT2D eigenvalue weighted by Gasteiger charge is 2.12. The molecular weight excluding hydrogens is 170 g/mol. The molecule has 0 aliphatic heterocycles. The van der Waals surface area contributed by atoms with Gasteiger partial charge in [0.15, 0.2) is 0 Å². The molecule has 13 heavy (non-hydrogen) atoms. The van der Waals surface area contributed by atoms with Crippen LogP contribution in [0.3, 0.4) is 0 Å². The summed E-state index contributed by atoms with van der Waals surface area (Å²) in [7, 11) is 1.32. The number of carbonyl (C=O) groups excluding carboxylic acids is 1. The minimum Gasteiger partial charge on any atom is -0.465 e. The van der Waals surface area contributed by atoms with Crippen LogP contribution in [0, 0.1) is 0 Å². The van der Waals surface area contributed by atoms with Crippen molar-refractivity contribution in [3.63, 3.8) is 0 Å². The number of esters is 1. The van der Waals surface area contributed by atoms with Gasteiger partial charge < -0.3 is 10.5 Å². The normalized spacial score (nSPS) is 9.69. The fraction of sp³-hybridized carbons (Fsp3) is 0.375. The van der Waals surface area contributed by atoms with Crippen molar-refractivity contribution in [2.45, 2.75) is 13.3 Å². The Morgan fingerprint density at radius 1 is 1.69 bits per heavy atom. The van der Waals surface area contributed by atoms with E-state index < -0.39 is 5.97 Å². The Balaban J connectivity index is 3.13. The molecule has 0 saturated carbocycles.